The van der Waals surface area contributed by atoms with Crippen LogP contribution in [-0.4, -0.2) is 16.2 Å². The molecule has 0 spiro atoms. The van der Waals surface area contributed by atoms with E-state index in [9.17, 15) is 0 Å². The Morgan fingerprint density at radius 2 is 2.25 bits per heavy atom. The molecule has 0 aromatic carbocycles. The predicted molar refractivity (Wildman–Crippen MR) is 77.6 cm³/mol. The summed E-state index contributed by atoms with van der Waals surface area (Å²) in [6.45, 7) is 5.21. The van der Waals surface area contributed by atoms with Crippen LogP contribution in [0.25, 0.3) is 0 Å². The molecule has 5 heteroatoms. The SMILES string of the molecule is CCOc1ccc(NCc2cc(C#N)n(C)c2C)cn1. The fourth-order valence-electron chi connectivity index (χ4n) is 1.96. The number of nitriles is 1. The van der Waals surface area contributed by atoms with Gasteiger partial charge in [0, 0.05) is 25.4 Å². The highest BCUT2D eigenvalue weighted by Crippen LogP contribution is 2.16. The standard InChI is InChI=1S/C15H18N4O/c1-4-20-15-6-5-13(10-18-15)17-9-12-7-14(8-16)19(3)11(12)2/h5-7,10,17H,4,9H2,1-3H3. The molecule has 2 aromatic heterocycles. The van der Waals surface area contributed by atoms with Crippen molar-refractivity contribution < 1.29 is 4.74 Å². The van der Waals surface area contributed by atoms with Gasteiger partial charge in [0.2, 0.25) is 5.88 Å². The third kappa shape index (κ3) is 2.91. The average Bonchev–Trinajstić information content (AvgIpc) is 2.74. The number of nitrogens with one attached hydrogen (secondary N) is 1. The molecule has 0 aliphatic rings. The molecule has 0 saturated heterocycles. The molecule has 0 radical (unpaired) electrons. The Morgan fingerprint density at radius 3 is 2.80 bits per heavy atom. The van der Waals surface area contributed by atoms with Crippen LogP contribution in [0, 0.1) is 18.3 Å². The van der Waals surface area contributed by atoms with Crippen LogP contribution in [0.15, 0.2) is 24.4 Å². The van der Waals surface area contributed by atoms with E-state index in [0.29, 0.717) is 24.7 Å². The van der Waals surface area contributed by atoms with Crippen molar-refractivity contribution in [2.75, 3.05) is 11.9 Å². The van der Waals surface area contributed by atoms with E-state index >= 15 is 0 Å². The highest BCUT2D eigenvalue weighted by Gasteiger charge is 2.08. The molecule has 2 aromatic rings. The lowest BCUT2D eigenvalue weighted by molar-refractivity contribution is 0.327. The molecule has 2 heterocycles. The van der Waals surface area contributed by atoms with Crippen molar-refractivity contribution in [2.24, 2.45) is 7.05 Å². The minimum Gasteiger partial charge on any atom is -0.478 e. The van der Waals surface area contributed by atoms with Gasteiger partial charge in [-0.05, 0) is 31.5 Å². The second-order valence-electron chi connectivity index (χ2n) is 4.48. The van der Waals surface area contributed by atoms with Crippen LogP contribution in [0.4, 0.5) is 5.69 Å². The third-order valence-corrected chi connectivity index (χ3v) is 3.27. The number of nitrogens with zero attached hydrogens (tertiary/aromatic N) is 3. The van der Waals surface area contributed by atoms with Crippen molar-refractivity contribution in [1.29, 1.82) is 5.26 Å². The first-order valence-corrected chi connectivity index (χ1v) is 6.53. The lowest BCUT2D eigenvalue weighted by Crippen LogP contribution is -2.02. The van der Waals surface area contributed by atoms with Gasteiger partial charge in [0.1, 0.15) is 11.8 Å². The molecule has 0 aliphatic heterocycles. The molecule has 0 amide bonds. The number of hydrogen-bond acceptors (Lipinski definition) is 4. The van der Waals surface area contributed by atoms with Gasteiger partial charge in [0.15, 0.2) is 0 Å². The molecule has 104 valence electrons. The minimum atomic E-state index is 0.611. The zero-order valence-corrected chi connectivity index (χ0v) is 12.0. The Balaban J connectivity index is 2.03. The molecule has 1 N–H and O–H groups in total. The minimum absolute atomic E-state index is 0.611. The van der Waals surface area contributed by atoms with Crippen LogP contribution < -0.4 is 10.1 Å². The summed E-state index contributed by atoms with van der Waals surface area (Å²) < 4.78 is 7.19. The van der Waals surface area contributed by atoms with Gasteiger partial charge in [0.25, 0.3) is 0 Å². The van der Waals surface area contributed by atoms with Gasteiger partial charge in [-0.1, -0.05) is 0 Å². The Morgan fingerprint density at radius 1 is 1.45 bits per heavy atom. The molecular formula is C15H18N4O. The largest absolute Gasteiger partial charge is 0.478 e. The molecule has 0 fully saturated rings. The quantitative estimate of drug-likeness (QED) is 0.907. The molecule has 0 unspecified atom stereocenters. The molecule has 0 bridgehead atoms. The summed E-state index contributed by atoms with van der Waals surface area (Å²) in [5, 5.41) is 12.3. The third-order valence-electron chi connectivity index (χ3n) is 3.27. The number of hydrogen-bond donors (Lipinski definition) is 1. The van der Waals surface area contributed by atoms with E-state index in [1.165, 1.54) is 0 Å². The maximum Gasteiger partial charge on any atom is 0.213 e. The summed E-state index contributed by atoms with van der Waals surface area (Å²) in [4.78, 5) is 4.20. The van der Waals surface area contributed by atoms with Gasteiger partial charge in [-0.2, -0.15) is 5.26 Å². The van der Waals surface area contributed by atoms with Crippen molar-refractivity contribution in [3.63, 3.8) is 0 Å². The Bertz CT molecular complexity index is 623. The zero-order chi connectivity index (χ0) is 14.5. The molecule has 0 atom stereocenters. The van der Waals surface area contributed by atoms with E-state index in [1.54, 1.807) is 6.20 Å². The van der Waals surface area contributed by atoms with Crippen molar-refractivity contribution in [1.82, 2.24) is 9.55 Å². The number of ether oxygens (including phenoxy) is 1. The maximum atomic E-state index is 9.01. The van der Waals surface area contributed by atoms with E-state index in [4.69, 9.17) is 10.00 Å². The predicted octanol–water partition coefficient (Wildman–Crippen LogP) is 2.61. The molecule has 2 rings (SSSR count). The smallest absolute Gasteiger partial charge is 0.213 e. The lowest BCUT2D eigenvalue weighted by atomic mass is 10.2. The average molecular weight is 270 g/mol. The highest BCUT2D eigenvalue weighted by molar-refractivity contribution is 5.44. The summed E-state index contributed by atoms with van der Waals surface area (Å²) in [6.07, 6.45) is 1.74. The molecule has 20 heavy (non-hydrogen) atoms. The van der Waals surface area contributed by atoms with Crippen LogP contribution in [0.1, 0.15) is 23.9 Å². The first kappa shape index (κ1) is 13.9. The monoisotopic (exact) mass is 270 g/mol. The number of anilines is 1. The van der Waals surface area contributed by atoms with Gasteiger partial charge in [-0.3, -0.25) is 0 Å². The van der Waals surface area contributed by atoms with Gasteiger partial charge in [-0.15, -0.1) is 0 Å². The van der Waals surface area contributed by atoms with Crippen LogP contribution in [0.3, 0.4) is 0 Å². The number of pyridine rings is 1. The lowest BCUT2D eigenvalue weighted by Gasteiger charge is -2.07. The van der Waals surface area contributed by atoms with Crippen molar-refractivity contribution in [3.05, 3.63) is 41.3 Å². The van der Waals surface area contributed by atoms with Crippen LogP contribution >= 0.6 is 0 Å². The van der Waals surface area contributed by atoms with E-state index in [1.807, 2.05) is 43.7 Å². The second-order valence-corrected chi connectivity index (χ2v) is 4.48. The normalized spacial score (nSPS) is 10.1. The van der Waals surface area contributed by atoms with Crippen molar-refractivity contribution in [2.45, 2.75) is 20.4 Å². The molecule has 0 saturated carbocycles. The Kier molecular flexibility index (Phi) is 4.26. The van der Waals surface area contributed by atoms with Crippen molar-refractivity contribution >= 4 is 5.69 Å². The summed E-state index contributed by atoms with van der Waals surface area (Å²) in [6, 6.07) is 7.86. The topological polar surface area (TPSA) is 62.9 Å². The summed E-state index contributed by atoms with van der Waals surface area (Å²) in [5.74, 6) is 0.626. The molecular weight excluding hydrogens is 252 g/mol. The second kappa shape index (κ2) is 6.11. The maximum absolute atomic E-state index is 9.01. The van der Waals surface area contributed by atoms with E-state index in [2.05, 4.69) is 16.4 Å². The zero-order valence-electron chi connectivity index (χ0n) is 12.0. The Hall–Kier alpha value is -2.48. The summed E-state index contributed by atoms with van der Waals surface area (Å²) >= 11 is 0. The van der Waals surface area contributed by atoms with Gasteiger partial charge < -0.3 is 14.6 Å². The first-order chi connectivity index (χ1) is 9.65. The Labute approximate surface area is 118 Å². The number of aromatic nitrogens is 2. The fourth-order valence-corrected chi connectivity index (χ4v) is 1.96. The molecule has 5 nitrogen and oxygen atoms in total. The van der Waals surface area contributed by atoms with Gasteiger partial charge in [0.05, 0.1) is 18.5 Å². The van der Waals surface area contributed by atoms with E-state index in [-0.39, 0.29) is 0 Å². The van der Waals surface area contributed by atoms with Gasteiger partial charge >= 0.3 is 0 Å². The first-order valence-electron chi connectivity index (χ1n) is 6.53. The van der Waals surface area contributed by atoms with Crippen molar-refractivity contribution in [3.8, 4) is 11.9 Å². The van der Waals surface area contributed by atoms with Crippen LogP contribution in [0.5, 0.6) is 5.88 Å². The van der Waals surface area contributed by atoms with Gasteiger partial charge in [-0.25, -0.2) is 4.98 Å². The van der Waals surface area contributed by atoms with E-state index in [0.717, 1.165) is 16.9 Å². The summed E-state index contributed by atoms with van der Waals surface area (Å²) in [7, 11) is 1.90. The van der Waals surface area contributed by atoms with E-state index < -0.39 is 0 Å². The fraction of sp³-hybridized carbons (Fsp3) is 0.333. The van der Waals surface area contributed by atoms with Crippen LogP contribution in [-0.2, 0) is 13.6 Å². The molecule has 0 aliphatic carbocycles. The number of rotatable bonds is 5. The highest BCUT2D eigenvalue weighted by atomic mass is 16.5. The summed E-state index contributed by atoms with van der Waals surface area (Å²) in [5.41, 5.74) is 3.80. The van der Waals surface area contributed by atoms with Crippen LogP contribution in [0.2, 0.25) is 0 Å².